The van der Waals surface area contributed by atoms with Gasteiger partial charge in [0.2, 0.25) is 5.91 Å². The number of benzene rings is 1. The van der Waals surface area contributed by atoms with Gasteiger partial charge in [0.15, 0.2) is 5.96 Å². The topological polar surface area (TPSA) is 115 Å². The first-order valence-corrected chi connectivity index (χ1v) is 7.41. The summed E-state index contributed by atoms with van der Waals surface area (Å²) in [5.74, 6) is 0.386. The molecule has 7 heteroatoms. The van der Waals surface area contributed by atoms with Crippen LogP contribution < -0.4 is 21.7 Å². The maximum atomic E-state index is 11.1. The zero-order chi connectivity index (χ0) is 15.8. The number of hydrogen-bond acceptors (Lipinski definition) is 6. The molecular weight excluding hydrogens is 280 g/mol. The van der Waals surface area contributed by atoms with E-state index < -0.39 is 5.91 Å². The maximum absolute atomic E-state index is 11.1. The summed E-state index contributed by atoms with van der Waals surface area (Å²) in [5, 5.41) is 17.1. The van der Waals surface area contributed by atoms with E-state index in [0.29, 0.717) is 11.1 Å². The second-order valence-electron chi connectivity index (χ2n) is 5.03. The smallest absolute Gasteiger partial charge is 0.248 e. The van der Waals surface area contributed by atoms with Crippen molar-refractivity contribution < 1.29 is 4.79 Å². The third kappa shape index (κ3) is 4.47. The van der Waals surface area contributed by atoms with E-state index in [1.165, 1.54) is 6.21 Å². The van der Waals surface area contributed by atoms with Crippen molar-refractivity contribution in [2.75, 3.05) is 31.5 Å². The van der Waals surface area contributed by atoms with Crippen LogP contribution in [0.5, 0.6) is 0 Å². The molecule has 1 amide bonds. The van der Waals surface area contributed by atoms with Gasteiger partial charge in [-0.1, -0.05) is 0 Å². The Morgan fingerprint density at radius 3 is 2.91 bits per heavy atom. The zero-order valence-electron chi connectivity index (χ0n) is 12.5. The van der Waals surface area contributed by atoms with E-state index in [0.717, 1.165) is 50.7 Å². The average Bonchev–Trinajstić information content (AvgIpc) is 2.55. The quantitative estimate of drug-likeness (QED) is 0.373. The summed E-state index contributed by atoms with van der Waals surface area (Å²) in [6, 6.07) is 5.06. The normalized spacial score (nSPS) is 13.7. The summed E-state index contributed by atoms with van der Waals surface area (Å²) in [6.45, 7) is 3.43. The third-order valence-electron chi connectivity index (χ3n) is 3.35. The molecule has 0 unspecified atom stereocenters. The summed E-state index contributed by atoms with van der Waals surface area (Å²) in [4.78, 5) is 15.5. The Hall–Kier alpha value is -2.57. The Labute approximate surface area is 129 Å². The molecular formula is C15H22N6O. The van der Waals surface area contributed by atoms with Crippen LogP contribution in [0.4, 0.5) is 5.69 Å². The van der Waals surface area contributed by atoms with E-state index in [1.54, 1.807) is 18.2 Å². The lowest BCUT2D eigenvalue weighted by Crippen LogP contribution is -2.41. The van der Waals surface area contributed by atoms with Crippen LogP contribution in [0.15, 0.2) is 23.2 Å². The molecule has 1 aromatic rings. The van der Waals surface area contributed by atoms with Gasteiger partial charge < -0.3 is 27.1 Å². The fourth-order valence-electron chi connectivity index (χ4n) is 2.17. The number of carbonyl (C=O) groups is 1. The summed E-state index contributed by atoms with van der Waals surface area (Å²) in [7, 11) is 0. The molecule has 0 radical (unpaired) electrons. The van der Waals surface area contributed by atoms with Crippen LogP contribution in [-0.2, 0) is 0 Å². The van der Waals surface area contributed by atoms with E-state index in [4.69, 9.17) is 11.1 Å². The van der Waals surface area contributed by atoms with E-state index in [9.17, 15) is 4.79 Å². The van der Waals surface area contributed by atoms with Crippen LogP contribution in [0.3, 0.4) is 0 Å². The number of nitrogens with one attached hydrogen (secondary N) is 4. The molecule has 1 aliphatic heterocycles. The minimum absolute atomic E-state index is 0.409. The van der Waals surface area contributed by atoms with Gasteiger partial charge >= 0.3 is 0 Å². The van der Waals surface area contributed by atoms with Crippen molar-refractivity contribution in [1.29, 1.82) is 5.41 Å². The highest BCUT2D eigenvalue weighted by molar-refractivity contribution is 5.96. The summed E-state index contributed by atoms with van der Waals surface area (Å²) in [6.07, 6.45) is 3.21. The number of nitrogens with zero attached hydrogens (tertiary/aromatic N) is 1. The molecule has 2 rings (SSSR count). The first-order chi connectivity index (χ1) is 10.7. The highest BCUT2D eigenvalue weighted by atomic mass is 16.1. The number of guanidine groups is 1. The molecule has 0 saturated heterocycles. The van der Waals surface area contributed by atoms with Crippen molar-refractivity contribution in [3.8, 4) is 0 Å². The minimum Gasteiger partial charge on any atom is -0.384 e. The molecule has 0 spiro atoms. The molecule has 7 nitrogen and oxygen atoms in total. The molecule has 0 fully saturated rings. The highest BCUT2D eigenvalue weighted by Gasteiger charge is 2.06. The van der Waals surface area contributed by atoms with Gasteiger partial charge in [0.25, 0.3) is 0 Å². The Kier molecular flexibility index (Phi) is 5.76. The van der Waals surface area contributed by atoms with Gasteiger partial charge in [0, 0.05) is 49.2 Å². The number of anilines is 1. The maximum Gasteiger partial charge on any atom is 0.248 e. The average molecular weight is 302 g/mol. The van der Waals surface area contributed by atoms with Crippen molar-refractivity contribution in [2.45, 2.75) is 12.8 Å². The Bertz CT molecular complexity index is 569. The molecule has 1 heterocycles. The first-order valence-electron chi connectivity index (χ1n) is 7.41. The van der Waals surface area contributed by atoms with Gasteiger partial charge in [-0.25, -0.2) is 0 Å². The predicted octanol–water partition coefficient (Wildman–Crippen LogP) is 0.524. The molecule has 0 atom stereocenters. The van der Waals surface area contributed by atoms with E-state index in [-0.39, 0.29) is 0 Å². The number of nitrogens with two attached hydrogens (primary N) is 1. The van der Waals surface area contributed by atoms with Gasteiger partial charge in [-0.2, -0.15) is 0 Å². The highest BCUT2D eigenvalue weighted by Crippen LogP contribution is 2.15. The number of aliphatic imine (C=N–C) groups is 1. The van der Waals surface area contributed by atoms with Crippen molar-refractivity contribution in [1.82, 2.24) is 10.6 Å². The number of amides is 1. The minimum atomic E-state index is -0.486. The molecule has 22 heavy (non-hydrogen) atoms. The van der Waals surface area contributed by atoms with Gasteiger partial charge in [-0.05, 0) is 31.0 Å². The van der Waals surface area contributed by atoms with Gasteiger partial charge in [-0.15, -0.1) is 0 Å². The fourth-order valence-corrected chi connectivity index (χ4v) is 2.17. The third-order valence-corrected chi connectivity index (χ3v) is 3.35. The molecule has 0 aliphatic carbocycles. The number of carbonyl (C=O) groups excluding carboxylic acids is 1. The van der Waals surface area contributed by atoms with Crippen molar-refractivity contribution in [2.24, 2.45) is 10.7 Å². The van der Waals surface area contributed by atoms with Gasteiger partial charge in [-0.3, -0.25) is 9.79 Å². The summed E-state index contributed by atoms with van der Waals surface area (Å²) >= 11 is 0. The number of hydrogen-bond donors (Lipinski definition) is 5. The van der Waals surface area contributed by atoms with E-state index in [2.05, 4.69) is 20.9 Å². The van der Waals surface area contributed by atoms with Crippen LogP contribution >= 0.6 is 0 Å². The van der Waals surface area contributed by atoms with Crippen LogP contribution in [0.25, 0.3) is 0 Å². The SMILES string of the molecule is N=Cc1cc(C(N)=O)ccc1NCCCNC1=NCCCN1. The van der Waals surface area contributed by atoms with Crippen LogP contribution in [0.1, 0.15) is 28.8 Å². The molecule has 1 aliphatic rings. The summed E-state index contributed by atoms with van der Waals surface area (Å²) in [5.41, 5.74) is 7.13. The lowest BCUT2D eigenvalue weighted by atomic mass is 10.1. The Balaban J connectivity index is 1.77. The van der Waals surface area contributed by atoms with Crippen molar-refractivity contribution >= 4 is 23.8 Å². The molecule has 0 aromatic heterocycles. The molecule has 1 aromatic carbocycles. The largest absolute Gasteiger partial charge is 0.384 e. The first kappa shape index (κ1) is 15.8. The van der Waals surface area contributed by atoms with E-state index in [1.807, 2.05) is 0 Å². The zero-order valence-corrected chi connectivity index (χ0v) is 12.5. The molecule has 0 bridgehead atoms. The number of primary amides is 1. The van der Waals surface area contributed by atoms with Crippen LogP contribution in [0.2, 0.25) is 0 Å². The molecule has 0 saturated carbocycles. The second kappa shape index (κ2) is 8.02. The standard InChI is InChI=1S/C15H22N6O/c16-10-12-9-11(14(17)22)3-4-13(12)18-5-1-6-19-15-20-7-2-8-21-15/h3-4,9-10,16,18H,1-2,5-8H2,(H2,17,22)(H2,19,20,21). The van der Waals surface area contributed by atoms with Crippen LogP contribution in [-0.4, -0.2) is 44.3 Å². The predicted molar refractivity (Wildman–Crippen MR) is 88.9 cm³/mol. The Morgan fingerprint density at radius 1 is 1.41 bits per heavy atom. The molecule has 118 valence electrons. The van der Waals surface area contributed by atoms with Crippen molar-refractivity contribution in [3.05, 3.63) is 29.3 Å². The van der Waals surface area contributed by atoms with Gasteiger partial charge in [0.1, 0.15) is 0 Å². The lowest BCUT2D eigenvalue weighted by Gasteiger charge is -2.16. The van der Waals surface area contributed by atoms with Gasteiger partial charge in [0.05, 0.1) is 0 Å². The summed E-state index contributed by atoms with van der Waals surface area (Å²) < 4.78 is 0. The Morgan fingerprint density at radius 2 is 2.23 bits per heavy atom. The monoisotopic (exact) mass is 302 g/mol. The number of rotatable bonds is 7. The lowest BCUT2D eigenvalue weighted by molar-refractivity contribution is 0.100. The second-order valence-corrected chi connectivity index (χ2v) is 5.03. The van der Waals surface area contributed by atoms with Crippen molar-refractivity contribution in [3.63, 3.8) is 0 Å². The molecule has 6 N–H and O–H groups in total. The van der Waals surface area contributed by atoms with E-state index >= 15 is 0 Å². The van der Waals surface area contributed by atoms with Crippen LogP contribution in [0, 0.1) is 5.41 Å². The fraction of sp³-hybridized carbons (Fsp3) is 0.400.